The Morgan fingerprint density at radius 3 is 2.84 bits per heavy atom. The lowest BCUT2D eigenvalue weighted by Crippen LogP contribution is -1.90. The highest BCUT2D eigenvalue weighted by molar-refractivity contribution is 9.10. The van der Waals surface area contributed by atoms with Crippen LogP contribution < -0.4 is 0 Å². The molecule has 5 nitrogen and oxygen atoms in total. The Labute approximate surface area is 116 Å². The lowest BCUT2D eigenvalue weighted by atomic mass is 10.2. The number of aromatic nitrogens is 1. The first kappa shape index (κ1) is 13.4. The molecule has 2 rings (SSSR count). The van der Waals surface area contributed by atoms with Gasteiger partial charge in [-0.3, -0.25) is 10.1 Å². The van der Waals surface area contributed by atoms with E-state index < -0.39 is 4.92 Å². The van der Waals surface area contributed by atoms with Crippen molar-refractivity contribution in [3.63, 3.8) is 0 Å². The summed E-state index contributed by atoms with van der Waals surface area (Å²) in [7, 11) is 0. The van der Waals surface area contributed by atoms with Gasteiger partial charge in [0.1, 0.15) is 5.82 Å². The van der Waals surface area contributed by atoms with Crippen molar-refractivity contribution in [2.24, 2.45) is 0 Å². The molecule has 0 atom stereocenters. The van der Waals surface area contributed by atoms with E-state index in [-0.39, 0.29) is 23.0 Å². The Balaban J connectivity index is 2.32. The molecule has 0 aliphatic rings. The van der Waals surface area contributed by atoms with E-state index in [4.69, 9.17) is 4.52 Å². The van der Waals surface area contributed by atoms with Crippen LogP contribution in [0.4, 0.5) is 10.1 Å². The van der Waals surface area contributed by atoms with E-state index >= 15 is 0 Å². The molecule has 98 valence electrons. The van der Waals surface area contributed by atoms with Gasteiger partial charge < -0.3 is 4.52 Å². The molecule has 0 fully saturated rings. The van der Waals surface area contributed by atoms with Crippen LogP contribution in [0.2, 0.25) is 0 Å². The quantitative estimate of drug-likeness (QED) is 0.632. The van der Waals surface area contributed by atoms with Crippen LogP contribution in [0, 0.1) is 22.9 Å². The summed E-state index contributed by atoms with van der Waals surface area (Å²) in [5.74, 6) is -0.318. The molecule has 1 heterocycles. The van der Waals surface area contributed by atoms with Crippen LogP contribution in [0.25, 0.3) is 12.2 Å². The summed E-state index contributed by atoms with van der Waals surface area (Å²) >= 11 is 3.06. The van der Waals surface area contributed by atoms with Crippen LogP contribution in [0.15, 0.2) is 27.2 Å². The number of nitrogens with zero attached hydrogens (tertiary/aromatic N) is 2. The van der Waals surface area contributed by atoms with Crippen molar-refractivity contribution in [3.8, 4) is 0 Å². The highest BCUT2D eigenvalue weighted by Crippen LogP contribution is 2.25. The van der Waals surface area contributed by atoms with Gasteiger partial charge in [-0.25, -0.2) is 4.39 Å². The number of aryl methyl sites for hydroxylation is 1. The second-order valence-electron chi connectivity index (χ2n) is 3.74. The van der Waals surface area contributed by atoms with Gasteiger partial charge >= 0.3 is 5.69 Å². The smallest absolute Gasteiger partial charge is 0.338 e. The zero-order valence-electron chi connectivity index (χ0n) is 9.76. The third kappa shape index (κ3) is 2.87. The van der Waals surface area contributed by atoms with Crippen LogP contribution in [0.3, 0.4) is 0 Å². The van der Waals surface area contributed by atoms with Gasteiger partial charge in [-0.2, -0.15) is 0 Å². The Morgan fingerprint density at radius 1 is 1.47 bits per heavy atom. The highest BCUT2D eigenvalue weighted by Gasteiger charge is 2.21. The third-order valence-corrected chi connectivity index (χ3v) is 3.02. The van der Waals surface area contributed by atoms with Crippen molar-refractivity contribution in [1.29, 1.82) is 0 Å². The largest absolute Gasteiger partial charge is 0.349 e. The molecule has 0 radical (unpaired) electrons. The Morgan fingerprint density at radius 2 is 2.21 bits per heavy atom. The average Bonchev–Trinajstić information content (AvgIpc) is 2.72. The minimum absolute atomic E-state index is 0.0583. The maximum atomic E-state index is 13.0. The summed E-state index contributed by atoms with van der Waals surface area (Å²) in [5.41, 5.74) is 0.721. The van der Waals surface area contributed by atoms with E-state index in [0.29, 0.717) is 10.0 Å². The van der Waals surface area contributed by atoms with Gasteiger partial charge in [0, 0.05) is 0 Å². The second kappa shape index (κ2) is 5.31. The van der Waals surface area contributed by atoms with Gasteiger partial charge in [-0.05, 0) is 46.6 Å². The molecule has 2 aromatic rings. The number of hydrogen-bond acceptors (Lipinski definition) is 4. The van der Waals surface area contributed by atoms with Gasteiger partial charge in [-0.15, -0.1) is 0 Å². The molecule has 19 heavy (non-hydrogen) atoms. The summed E-state index contributed by atoms with van der Waals surface area (Å²) in [5, 5.41) is 14.4. The Kier molecular flexibility index (Phi) is 3.75. The molecule has 1 aromatic heterocycles. The maximum absolute atomic E-state index is 13.0. The van der Waals surface area contributed by atoms with E-state index in [9.17, 15) is 14.5 Å². The van der Waals surface area contributed by atoms with Crippen molar-refractivity contribution in [3.05, 3.63) is 55.6 Å². The Hall–Kier alpha value is -2.02. The first-order valence-electron chi connectivity index (χ1n) is 5.23. The van der Waals surface area contributed by atoms with Crippen molar-refractivity contribution in [2.75, 3.05) is 0 Å². The molecule has 0 aliphatic carbocycles. The minimum Gasteiger partial charge on any atom is -0.349 e. The Bertz CT molecular complexity index is 667. The SMILES string of the molecule is Cc1noc(/C=C\c2ccc(F)c(Br)c2)c1[N+](=O)[O-]. The highest BCUT2D eigenvalue weighted by atomic mass is 79.9. The molecule has 0 bridgehead atoms. The zero-order valence-corrected chi connectivity index (χ0v) is 11.3. The van der Waals surface area contributed by atoms with Gasteiger partial charge in [0.25, 0.3) is 0 Å². The second-order valence-corrected chi connectivity index (χ2v) is 4.60. The predicted molar refractivity (Wildman–Crippen MR) is 70.9 cm³/mol. The van der Waals surface area contributed by atoms with Crippen LogP contribution >= 0.6 is 15.9 Å². The molecule has 0 unspecified atom stereocenters. The predicted octanol–water partition coefficient (Wildman–Crippen LogP) is 3.96. The normalized spacial score (nSPS) is 11.1. The van der Waals surface area contributed by atoms with Crippen LogP contribution in [0.5, 0.6) is 0 Å². The van der Waals surface area contributed by atoms with Gasteiger partial charge in [0.2, 0.25) is 5.76 Å². The summed E-state index contributed by atoms with van der Waals surface area (Å²) in [4.78, 5) is 10.3. The maximum Gasteiger partial charge on any atom is 0.338 e. The van der Waals surface area contributed by atoms with Gasteiger partial charge in [0.15, 0.2) is 5.69 Å². The number of hydrogen-bond donors (Lipinski definition) is 0. The molecule has 7 heteroatoms. The third-order valence-electron chi connectivity index (χ3n) is 2.41. The van der Waals surface area contributed by atoms with Crippen molar-refractivity contribution < 1.29 is 13.8 Å². The van der Waals surface area contributed by atoms with Crippen LogP contribution in [-0.2, 0) is 0 Å². The molecule has 0 saturated heterocycles. The first-order chi connectivity index (χ1) is 8.99. The summed E-state index contributed by atoms with van der Waals surface area (Å²) in [6.07, 6.45) is 3.01. The number of rotatable bonds is 3. The number of nitro groups is 1. The molecule has 0 aliphatic heterocycles. The number of benzene rings is 1. The number of halogens is 2. The summed E-state index contributed by atoms with van der Waals surface area (Å²) in [6.45, 7) is 1.49. The van der Waals surface area contributed by atoms with Gasteiger partial charge in [-0.1, -0.05) is 17.3 Å². The topological polar surface area (TPSA) is 69.2 Å². The van der Waals surface area contributed by atoms with Gasteiger partial charge in [0.05, 0.1) is 9.40 Å². The van der Waals surface area contributed by atoms with Crippen molar-refractivity contribution >= 4 is 33.8 Å². The minimum atomic E-state index is -0.550. The monoisotopic (exact) mass is 326 g/mol. The molecule has 1 aromatic carbocycles. The molecule has 0 spiro atoms. The summed E-state index contributed by atoms with van der Waals surface area (Å²) < 4.78 is 18.2. The van der Waals surface area contributed by atoms with Crippen LogP contribution in [0.1, 0.15) is 17.0 Å². The molecule has 0 saturated carbocycles. The fraction of sp³-hybridized carbons (Fsp3) is 0.0833. The van der Waals surface area contributed by atoms with Crippen LogP contribution in [-0.4, -0.2) is 10.1 Å². The van der Waals surface area contributed by atoms with E-state index in [1.807, 2.05) is 0 Å². The average molecular weight is 327 g/mol. The zero-order chi connectivity index (χ0) is 14.0. The first-order valence-corrected chi connectivity index (χ1v) is 6.02. The van der Waals surface area contributed by atoms with E-state index in [2.05, 4.69) is 21.1 Å². The molecule has 0 amide bonds. The molecular weight excluding hydrogens is 319 g/mol. The van der Waals surface area contributed by atoms with E-state index in [0.717, 1.165) is 0 Å². The fourth-order valence-corrected chi connectivity index (χ4v) is 1.90. The van der Waals surface area contributed by atoms with E-state index in [1.165, 1.54) is 19.1 Å². The summed E-state index contributed by atoms with van der Waals surface area (Å²) in [6, 6.07) is 4.40. The standard InChI is InChI=1S/C12H8BrFN2O3/c1-7-12(16(17)18)11(19-15-7)5-3-8-2-4-10(14)9(13)6-8/h2-6H,1H3/b5-3-. The van der Waals surface area contributed by atoms with Crippen molar-refractivity contribution in [1.82, 2.24) is 5.16 Å². The fourth-order valence-electron chi connectivity index (χ4n) is 1.50. The lowest BCUT2D eigenvalue weighted by Gasteiger charge is -1.96. The van der Waals surface area contributed by atoms with E-state index in [1.54, 1.807) is 18.2 Å². The lowest BCUT2D eigenvalue weighted by molar-refractivity contribution is -0.386. The molecular formula is C12H8BrFN2O3. The van der Waals surface area contributed by atoms with Crippen molar-refractivity contribution in [2.45, 2.75) is 6.92 Å². The molecule has 0 N–H and O–H groups in total.